The smallest absolute Gasteiger partial charge is 0.202 e. The van der Waals surface area contributed by atoms with E-state index in [1.54, 1.807) is 18.0 Å². The maximum absolute atomic E-state index is 6.05. The van der Waals surface area contributed by atoms with E-state index in [2.05, 4.69) is 5.16 Å². The minimum atomic E-state index is 0.641. The molecule has 0 saturated heterocycles. The first-order valence-corrected chi connectivity index (χ1v) is 7.20. The predicted octanol–water partition coefficient (Wildman–Crippen LogP) is 4.12. The summed E-state index contributed by atoms with van der Waals surface area (Å²) < 4.78 is 10.5. The number of hydrogen-bond donors (Lipinski definition) is 1. The van der Waals surface area contributed by atoms with Crippen molar-refractivity contribution in [1.29, 1.82) is 0 Å². The number of benzene rings is 1. The van der Waals surface area contributed by atoms with Gasteiger partial charge in [-0.1, -0.05) is 17.3 Å². The number of para-hydroxylation sites is 1. The number of nitrogens with two attached hydrogens (primary N) is 1. The van der Waals surface area contributed by atoms with Crippen LogP contribution in [0.3, 0.4) is 0 Å². The molecule has 3 rings (SSSR count). The van der Waals surface area contributed by atoms with Crippen molar-refractivity contribution in [3.63, 3.8) is 0 Å². The lowest BCUT2D eigenvalue weighted by molar-refractivity contribution is 0.413. The second kappa shape index (κ2) is 5.46. The normalized spacial score (nSPS) is 10.8. The Morgan fingerprint density at radius 1 is 1.20 bits per heavy atom. The molecule has 0 saturated carbocycles. The molecule has 1 aromatic carbocycles. The van der Waals surface area contributed by atoms with Crippen molar-refractivity contribution >= 4 is 17.4 Å². The Balaban J connectivity index is 1.71. The van der Waals surface area contributed by atoms with E-state index in [0.717, 1.165) is 21.8 Å². The number of nitrogens with zero attached hydrogens (tertiary/aromatic N) is 1. The van der Waals surface area contributed by atoms with Gasteiger partial charge in [0, 0.05) is 22.4 Å². The Bertz CT molecular complexity index is 704. The lowest BCUT2D eigenvalue weighted by atomic mass is 10.2. The maximum atomic E-state index is 6.05. The average Bonchev–Trinajstić information content (AvgIpc) is 3.10. The molecule has 0 aliphatic heterocycles. The number of thioether (sulfide) groups is 1. The fourth-order valence-electron chi connectivity index (χ4n) is 1.85. The van der Waals surface area contributed by atoms with Crippen LogP contribution in [0.1, 0.15) is 11.3 Å². The fraction of sp³-hybridized carbons (Fsp3) is 0.133. The number of aryl methyl sites for hydroxylation is 1. The zero-order valence-electron chi connectivity index (χ0n) is 11.0. The van der Waals surface area contributed by atoms with Gasteiger partial charge < -0.3 is 14.7 Å². The average molecular weight is 286 g/mol. The molecule has 0 radical (unpaired) electrons. The van der Waals surface area contributed by atoms with Crippen molar-refractivity contribution in [2.75, 3.05) is 5.73 Å². The van der Waals surface area contributed by atoms with Gasteiger partial charge in [0.15, 0.2) is 5.76 Å². The highest BCUT2D eigenvalue weighted by molar-refractivity contribution is 7.98. The largest absolute Gasteiger partial charge is 0.461 e. The summed E-state index contributed by atoms with van der Waals surface area (Å²) in [7, 11) is 0. The van der Waals surface area contributed by atoms with E-state index in [1.165, 1.54) is 0 Å². The van der Waals surface area contributed by atoms with Crippen molar-refractivity contribution in [2.45, 2.75) is 17.6 Å². The highest BCUT2D eigenvalue weighted by Crippen LogP contribution is 2.30. The second-order valence-electron chi connectivity index (χ2n) is 4.44. The quantitative estimate of drug-likeness (QED) is 0.577. The van der Waals surface area contributed by atoms with Crippen molar-refractivity contribution in [3.8, 4) is 11.5 Å². The summed E-state index contributed by atoms with van der Waals surface area (Å²) in [4.78, 5) is 1.06. The van der Waals surface area contributed by atoms with E-state index in [-0.39, 0.29) is 0 Å². The first-order valence-electron chi connectivity index (χ1n) is 6.21. The van der Waals surface area contributed by atoms with Gasteiger partial charge in [-0.15, -0.1) is 11.8 Å². The summed E-state index contributed by atoms with van der Waals surface area (Å²) in [6.07, 6.45) is 1.61. The predicted molar refractivity (Wildman–Crippen MR) is 79.4 cm³/mol. The van der Waals surface area contributed by atoms with Crippen LogP contribution in [0.15, 0.2) is 56.5 Å². The highest BCUT2D eigenvalue weighted by Gasteiger charge is 2.10. The molecule has 2 aromatic heterocycles. The van der Waals surface area contributed by atoms with Crippen LogP contribution in [-0.4, -0.2) is 5.16 Å². The van der Waals surface area contributed by atoms with Gasteiger partial charge in [-0.05, 0) is 30.7 Å². The first kappa shape index (κ1) is 12.9. The third-order valence-electron chi connectivity index (χ3n) is 2.98. The monoisotopic (exact) mass is 286 g/mol. The van der Waals surface area contributed by atoms with Crippen LogP contribution in [0.4, 0.5) is 5.69 Å². The van der Waals surface area contributed by atoms with Crippen LogP contribution < -0.4 is 5.73 Å². The highest BCUT2D eigenvalue weighted by atomic mass is 32.2. The van der Waals surface area contributed by atoms with Crippen molar-refractivity contribution in [3.05, 3.63) is 53.9 Å². The number of furan rings is 1. The summed E-state index contributed by atoms with van der Waals surface area (Å²) in [6, 6.07) is 11.6. The van der Waals surface area contributed by atoms with Gasteiger partial charge in [-0.25, -0.2) is 0 Å². The molecular formula is C15H14N2O2S. The summed E-state index contributed by atoms with van der Waals surface area (Å²) in [5, 5.41) is 4.04. The number of nitrogen functional groups attached to an aromatic ring is 1. The standard InChI is InChI=1S/C15H14N2O2S/c1-10-4-2-6-14(15(10)16)20-9-11-8-13(19-17-11)12-5-3-7-18-12/h2-8H,9,16H2,1H3. The molecule has 0 amide bonds. The van der Waals surface area contributed by atoms with Crippen molar-refractivity contribution < 1.29 is 8.94 Å². The lowest BCUT2D eigenvalue weighted by Crippen LogP contribution is -1.92. The molecule has 0 bridgehead atoms. The second-order valence-corrected chi connectivity index (χ2v) is 5.45. The van der Waals surface area contributed by atoms with Crippen LogP contribution in [-0.2, 0) is 5.75 Å². The lowest BCUT2D eigenvalue weighted by Gasteiger charge is -2.06. The number of hydrogen-bond acceptors (Lipinski definition) is 5. The molecule has 2 heterocycles. The zero-order valence-corrected chi connectivity index (χ0v) is 11.8. The maximum Gasteiger partial charge on any atom is 0.202 e. The number of anilines is 1. The molecule has 0 aliphatic carbocycles. The Labute approximate surface area is 120 Å². The third-order valence-corrected chi connectivity index (χ3v) is 4.09. The van der Waals surface area contributed by atoms with Crippen LogP contribution in [0.2, 0.25) is 0 Å². The minimum absolute atomic E-state index is 0.641. The number of aromatic nitrogens is 1. The molecule has 0 atom stereocenters. The molecule has 0 fully saturated rings. The van der Waals surface area contributed by atoms with Gasteiger partial charge in [0.2, 0.25) is 5.76 Å². The SMILES string of the molecule is Cc1cccc(SCc2cc(-c3ccco3)on2)c1N. The van der Waals surface area contributed by atoms with Crippen LogP contribution in [0.5, 0.6) is 0 Å². The van der Waals surface area contributed by atoms with Gasteiger partial charge in [0.25, 0.3) is 0 Å². The van der Waals surface area contributed by atoms with Gasteiger partial charge in [0.05, 0.1) is 12.0 Å². The van der Waals surface area contributed by atoms with E-state index in [9.17, 15) is 0 Å². The summed E-state index contributed by atoms with van der Waals surface area (Å²) in [5.41, 5.74) is 8.83. The van der Waals surface area contributed by atoms with Gasteiger partial charge in [-0.2, -0.15) is 0 Å². The molecule has 20 heavy (non-hydrogen) atoms. The summed E-state index contributed by atoms with van der Waals surface area (Å²) in [6.45, 7) is 2.00. The molecule has 2 N–H and O–H groups in total. The van der Waals surface area contributed by atoms with Gasteiger partial charge in [-0.3, -0.25) is 0 Å². The molecule has 5 heteroatoms. The topological polar surface area (TPSA) is 65.2 Å². The van der Waals surface area contributed by atoms with E-state index in [4.69, 9.17) is 14.7 Å². The van der Waals surface area contributed by atoms with E-state index < -0.39 is 0 Å². The minimum Gasteiger partial charge on any atom is -0.461 e. The Kier molecular flexibility index (Phi) is 3.52. The van der Waals surface area contributed by atoms with Gasteiger partial charge in [0.1, 0.15) is 0 Å². The number of rotatable bonds is 4. The molecule has 102 valence electrons. The first-order chi connectivity index (χ1) is 9.74. The Morgan fingerprint density at radius 2 is 2.10 bits per heavy atom. The Hall–Kier alpha value is -2.14. The van der Waals surface area contributed by atoms with Crippen molar-refractivity contribution in [1.82, 2.24) is 5.16 Å². The van der Waals surface area contributed by atoms with Gasteiger partial charge >= 0.3 is 0 Å². The molecule has 3 aromatic rings. The van der Waals surface area contributed by atoms with E-state index in [0.29, 0.717) is 17.3 Å². The summed E-state index contributed by atoms with van der Waals surface area (Å²) >= 11 is 1.65. The van der Waals surface area contributed by atoms with Crippen molar-refractivity contribution in [2.24, 2.45) is 0 Å². The zero-order chi connectivity index (χ0) is 13.9. The molecule has 0 aliphatic rings. The summed E-state index contributed by atoms with van der Waals surface area (Å²) in [5.74, 6) is 2.03. The third kappa shape index (κ3) is 2.58. The van der Waals surface area contributed by atoms with Crippen LogP contribution >= 0.6 is 11.8 Å². The van der Waals surface area contributed by atoms with Crippen LogP contribution in [0, 0.1) is 6.92 Å². The van der Waals surface area contributed by atoms with E-state index in [1.807, 2.05) is 43.3 Å². The molecule has 0 unspecified atom stereocenters. The molecule has 0 spiro atoms. The molecule has 4 nitrogen and oxygen atoms in total. The fourth-order valence-corrected chi connectivity index (χ4v) is 2.78. The van der Waals surface area contributed by atoms with Crippen LogP contribution in [0.25, 0.3) is 11.5 Å². The Morgan fingerprint density at radius 3 is 2.90 bits per heavy atom. The van der Waals surface area contributed by atoms with E-state index >= 15 is 0 Å². The molecular weight excluding hydrogens is 272 g/mol.